The van der Waals surface area contributed by atoms with Crippen molar-refractivity contribution in [2.45, 2.75) is 26.7 Å². The van der Waals surface area contributed by atoms with Crippen LogP contribution in [0.4, 0.5) is 4.79 Å². The molecule has 2 saturated heterocycles. The number of guanidine groups is 1. The van der Waals surface area contributed by atoms with E-state index in [4.69, 9.17) is 0 Å². The zero-order valence-corrected chi connectivity index (χ0v) is 12.9. The third-order valence-corrected chi connectivity index (χ3v) is 3.94. The predicted octanol–water partition coefficient (Wildman–Crippen LogP) is 0.236. The highest BCUT2D eigenvalue weighted by Crippen LogP contribution is 2.15. The van der Waals surface area contributed by atoms with Crippen LogP contribution in [-0.2, 0) is 4.79 Å². The van der Waals surface area contributed by atoms with E-state index in [-0.39, 0.29) is 18.5 Å². The number of piperidine rings is 1. The molecule has 118 valence electrons. The molecule has 0 aromatic heterocycles. The minimum atomic E-state index is -0.313. The molecule has 0 aromatic rings. The van der Waals surface area contributed by atoms with Crippen molar-refractivity contribution in [3.63, 3.8) is 0 Å². The number of amides is 3. The topological polar surface area (TPSA) is 77.0 Å². The van der Waals surface area contributed by atoms with Gasteiger partial charge in [0, 0.05) is 19.6 Å². The van der Waals surface area contributed by atoms with Gasteiger partial charge in [-0.25, -0.2) is 4.79 Å². The molecule has 7 nitrogen and oxygen atoms in total. The highest BCUT2D eigenvalue weighted by molar-refractivity contribution is 6.01. The molecule has 0 atom stereocenters. The Bertz CT molecular complexity index is 400. The zero-order chi connectivity index (χ0) is 15.2. The molecule has 2 aliphatic heterocycles. The van der Waals surface area contributed by atoms with E-state index in [2.05, 4.69) is 27.4 Å². The third kappa shape index (κ3) is 4.09. The number of likely N-dealkylation sites (tertiary alicyclic amines) is 1. The minimum Gasteiger partial charge on any atom is -0.357 e. The summed E-state index contributed by atoms with van der Waals surface area (Å²) in [6.07, 6.45) is 2.36. The molecule has 0 saturated carbocycles. The van der Waals surface area contributed by atoms with Crippen LogP contribution in [0.3, 0.4) is 0 Å². The first kappa shape index (κ1) is 15.6. The van der Waals surface area contributed by atoms with E-state index in [9.17, 15) is 9.59 Å². The number of nitrogens with one attached hydrogen (secondary N) is 2. The van der Waals surface area contributed by atoms with E-state index in [0.717, 1.165) is 31.5 Å². The van der Waals surface area contributed by atoms with E-state index >= 15 is 0 Å². The van der Waals surface area contributed by atoms with Crippen molar-refractivity contribution in [1.29, 1.82) is 0 Å². The lowest BCUT2D eigenvalue weighted by Crippen LogP contribution is -2.45. The lowest BCUT2D eigenvalue weighted by molar-refractivity contribution is -0.124. The summed E-state index contributed by atoms with van der Waals surface area (Å²) in [5.74, 6) is 1.48. The van der Waals surface area contributed by atoms with Gasteiger partial charge in [0.05, 0.1) is 19.6 Å². The van der Waals surface area contributed by atoms with Crippen molar-refractivity contribution >= 4 is 17.9 Å². The van der Waals surface area contributed by atoms with Gasteiger partial charge in [-0.15, -0.1) is 0 Å². The van der Waals surface area contributed by atoms with E-state index < -0.39 is 0 Å². The second-order valence-corrected chi connectivity index (χ2v) is 5.61. The molecule has 2 N–H and O–H groups in total. The molecule has 0 radical (unpaired) electrons. The maximum Gasteiger partial charge on any atom is 0.324 e. The van der Waals surface area contributed by atoms with Crippen molar-refractivity contribution in [2.75, 3.05) is 39.3 Å². The van der Waals surface area contributed by atoms with E-state index in [1.165, 1.54) is 17.7 Å². The van der Waals surface area contributed by atoms with Crippen molar-refractivity contribution < 1.29 is 9.59 Å². The van der Waals surface area contributed by atoms with Gasteiger partial charge in [-0.1, -0.05) is 6.92 Å². The summed E-state index contributed by atoms with van der Waals surface area (Å²) in [7, 11) is 0. The maximum absolute atomic E-state index is 11.5. The Morgan fingerprint density at radius 2 is 2.10 bits per heavy atom. The summed E-state index contributed by atoms with van der Waals surface area (Å²) < 4.78 is 0. The molecule has 0 bridgehead atoms. The number of hydrogen-bond donors (Lipinski definition) is 2. The third-order valence-electron chi connectivity index (χ3n) is 3.94. The van der Waals surface area contributed by atoms with Crippen LogP contribution in [0.1, 0.15) is 26.7 Å². The van der Waals surface area contributed by atoms with Gasteiger partial charge < -0.3 is 15.5 Å². The van der Waals surface area contributed by atoms with Gasteiger partial charge in [0.25, 0.3) is 0 Å². The second-order valence-electron chi connectivity index (χ2n) is 5.61. The predicted molar refractivity (Wildman–Crippen MR) is 81.1 cm³/mol. The van der Waals surface area contributed by atoms with Crippen molar-refractivity contribution in [2.24, 2.45) is 10.9 Å². The number of rotatable bonds is 4. The molecule has 0 aliphatic carbocycles. The number of carbonyl (C=O) groups is 2. The largest absolute Gasteiger partial charge is 0.357 e. The molecule has 2 heterocycles. The molecule has 2 rings (SSSR count). The summed E-state index contributed by atoms with van der Waals surface area (Å²) >= 11 is 0. The van der Waals surface area contributed by atoms with Gasteiger partial charge in [-0.2, -0.15) is 0 Å². The molecular formula is C14H25N5O2. The smallest absolute Gasteiger partial charge is 0.324 e. The Balaban J connectivity index is 1.88. The van der Waals surface area contributed by atoms with Crippen LogP contribution >= 0.6 is 0 Å². The van der Waals surface area contributed by atoms with Crippen LogP contribution < -0.4 is 10.6 Å². The average molecular weight is 295 g/mol. The van der Waals surface area contributed by atoms with Gasteiger partial charge in [0.1, 0.15) is 0 Å². The molecule has 2 aliphatic rings. The van der Waals surface area contributed by atoms with Crippen molar-refractivity contribution in [3.05, 3.63) is 0 Å². The first-order chi connectivity index (χ1) is 10.1. The summed E-state index contributed by atoms with van der Waals surface area (Å²) in [4.78, 5) is 31.0. The Morgan fingerprint density at radius 1 is 1.38 bits per heavy atom. The fraction of sp³-hybridized carbons (Fsp3) is 0.786. The van der Waals surface area contributed by atoms with Crippen LogP contribution in [0, 0.1) is 5.92 Å². The fourth-order valence-corrected chi connectivity index (χ4v) is 2.58. The summed E-state index contributed by atoms with van der Waals surface area (Å²) in [6, 6.07) is -0.313. The molecular weight excluding hydrogens is 270 g/mol. The molecule has 21 heavy (non-hydrogen) atoms. The standard InChI is InChI=1S/C14H25N5O2/c1-3-15-13(18-7-4-11(2)5-8-18)16-6-9-19-12(20)10-17-14(19)21/h11H,3-10H2,1-2H3,(H,15,16)(H,17,21). The normalized spacial score (nSPS) is 21.0. The molecule has 0 spiro atoms. The number of hydrogen-bond acceptors (Lipinski definition) is 3. The summed E-state index contributed by atoms with van der Waals surface area (Å²) in [6.45, 7) is 8.03. The van der Waals surface area contributed by atoms with Crippen LogP contribution in [0.15, 0.2) is 4.99 Å². The van der Waals surface area contributed by atoms with Crippen LogP contribution in [-0.4, -0.2) is 67.0 Å². The molecule has 0 unspecified atom stereocenters. The van der Waals surface area contributed by atoms with Crippen LogP contribution in [0.2, 0.25) is 0 Å². The Kier molecular flexibility index (Phi) is 5.41. The number of nitrogens with zero attached hydrogens (tertiary/aromatic N) is 3. The number of urea groups is 1. The van der Waals surface area contributed by atoms with Gasteiger partial charge >= 0.3 is 6.03 Å². The monoisotopic (exact) mass is 295 g/mol. The summed E-state index contributed by atoms with van der Waals surface area (Å²) in [5.41, 5.74) is 0. The lowest BCUT2D eigenvalue weighted by Gasteiger charge is -2.33. The minimum absolute atomic E-state index is 0.104. The average Bonchev–Trinajstić information content (AvgIpc) is 2.79. The number of carbonyl (C=O) groups excluding carboxylic acids is 2. The zero-order valence-electron chi connectivity index (χ0n) is 12.9. The second kappa shape index (κ2) is 7.28. The van der Waals surface area contributed by atoms with Gasteiger partial charge in [-0.3, -0.25) is 14.7 Å². The van der Waals surface area contributed by atoms with Gasteiger partial charge in [-0.05, 0) is 25.7 Å². The summed E-state index contributed by atoms with van der Waals surface area (Å²) in [5, 5.41) is 5.80. The fourth-order valence-electron chi connectivity index (χ4n) is 2.58. The van der Waals surface area contributed by atoms with Crippen LogP contribution in [0.25, 0.3) is 0 Å². The lowest BCUT2D eigenvalue weighted by atomic mass is 10.00. The number of aliphatic imine (C=N–C) groups is 1. The molecule has 2 fully saturated rings. The first-order valence-electron chi connectivity index (χ1n) is 7.73. The molecule has 3 amide bonds. The molecule has 0 aromatic carbocycles. The SMILES string of the molecule is CCNC(=NCCN1C(=O)CNC1=O)N1CCC(C)CC1. The Morgan fingerprint density at radius 3 is 2.67 bits per heavy atom. The van der Waals surface area contributed by atoms with E-state index in [1.54, 1.807) is 0 Å². The first-order valence-corrected chi connectivity index (χ1v) is 7.73. The van der Waals surface area contributed by atoms with E-state index in [1.807, 2.05) is 6.92 Å². The van der Waals surface area contributed by atoms with Crippen LogP contribution in [0.5, 0.6) is 0 Å². The highest BCUT2D eigenvalue weighted by atomic mass is 16.2. The maximum atomic E-state index is 11.5. The Labute approximate surface area is 125 Å². The highest BCUT2D eigenvalue weighted by Gasteiger charge is 2.27. The Hall–Kier alpha value is -1.79. The van der Waals surface area contributed by atoms with Crippen molar-refractivity contribution in [1.82, 2.24) is 20.4 Å². The van der Waals surface area contributed by atoms with Gasteiger partial charge in [0.2, 0.25) is 5.91 Å². The number of imide groups is 1. The van der Waals surface area contributed by atoms with Crippen molar-refractivity contribution in [3.8, 4) is 0 Å². The quantitative estimate of drug-likeness (QED) is 0.442. The van der Waals surface area contributed by atoms with Gasteiger partial charge in [0.15, 0.2) is 5.96 Å². The molecule has 7 heteroatoms. The van der Waals surface area contributed by atoms with E-state index in [0.29, 0.717) is 13.1 Å².